The van der Waals surface area contributed by atoms with E-state index in [4.69, 9.17) is 11.6 Å². The molecule has 0 atom stereocenters. The molecule has 0 bridgehead atoms. The van der Waals surface area contributed by atoms with Gasteiger partial charge < -0.3 is 12.4 Å². The van der Waals surface area contributed by atoms with Gasteiger partial charge in [-0.3, -0.25) is 9.48 Å². The second-order valence-electron chi connectivity index (χ2n) is 2.61. The van der Waals surface area contributed by atoms with Crippen molar-refractivity contribution >= 4 is 16.9 Å². The largest absolute Gasteiger partial charge is 1.00 e. The van der Waals surface area contributed by atoms with Crippen molar-refractivity contribution in [1.29, 1.82) is 0 Å². The van der Waals surface area contributed by atoms with Crippen molar-refractivity contribution < 1.29 is 17.0 Å². The molecule has 0 fully saturated rings. The summed E-state index contributed by atoms with van der Waals surface area (Å²) in [5, 5.41) is 0.880. The lowest BCUT2D eigenvalue weighted by Crippen LogP contribution is -3.00. The van der Waals surface area contributed by atoms with Crippen molar-refractivity contribution in [3.63, 3.8) is 0 Å². The van der Waals surface area contributed by atoms with Crippen LogP contribution in [0.2, 0.25) is 0 Å². The molecular formula is C9H20Cl2N2. The highest BCUT2D eigenvalue weighted by atomic mass is 35.5. The molecule has 0 saturated carbocycles. The maximum Gasteiger partial charge on any atom is 0.344 e. The van der Waals surface area contributed by atoms with Gasteiger partial charge in [-0.25, -0.2) is 0 Å². The summed E-state index contributed by atoms with van der Waals surface area (Å²) in [4.78, 5) is 2.16. The Morgan fingerprint density at radius 3 is 1.69 bits per heavy atom. The second-order valence-corrected chi connectivity index (χ2v) is 2.95. The average molecular weight is 227 g/mol. The lowest BCUT2D eigenvalue weighted by Gasteiger charge is -2.14. The molecule has 0 aliphatic heterocycles. The van der Waals surface area contributed by atoms with Gasteiger partial charge in [0.25, 0.3) is 0 Å². The van der Waals surface area contributed by atoms with Gasteiger partial charge in [-0.2, -0.15) is 0 Å². The molecule has 0 aromatic rings. The summed E-state index contributed by atoms with van der Waals surface area (Å²) in [6, 6.07) is 0. The van der Waals surface area contributed by atoms with Gasteiger partial charge in [0.15, 0.2) is 0 Å². The van der Waals surface area contributed by atoms with Crippen molar-refractivity contribution in [3.05, 3.63) is 0 Å². The second kappa shape index (κ2) is 8.64. The van der Waals surface area contributed by atoms with E-state index in [1.807, 2.05) is 0 Å². The predicted molar refractivity (Wildman–Crippen MR) is 55.1 cm³/mol. The number of hydrogen-bond acceptors (Lipinski definition) is 0. The number of hydrogen-bond donors (Lipinski definition) is 0. The van der Waals surface area contributed by atoms with E-state index >= 15 is 0 Å². The number of nitrogens with zero attached hydrogens (tertiary/aromatic N) is 2. The fraction of sp³-hybridized carbons (Fsp3) is 0.889. The molecule has 0 aliphatic carbocycles. The summed E-state index contributed by atoms with van der Waals surface area (Å²) in [7, 11) is 0. The summed E-state index contributed by atoms with van der Waals surface area (Å²) >= 11 is 6.18. The summed E-state index contributed by atoms with van der Waals surface area (Å²) in [6.07, 6.45) is 0. The van der Waals surface area contributed by atoms with E-state index in [1.54, 1.807) is 0 Å². The lowest BCUT2D eigenvalue weighted by molar-refractivity contribution is -0.523. The molecule has 0 heterocycles. The zero-order valence-corrected chi connectivity index (χ0v) is 10.5. The van der Waals surface area contributed by atoms with Gasteiger partial charge in [-0.1, -0.05) is 0 Å². The zero-order chi connectivity index (χ0) is 9.56. The van der Waals surface area contributed by atoms with Crippen LogP contribution in [-0.2, 0) is 0 Å². The molecule has 0 spiro atoms. The van der Waals surface area contributed by atoms with E-state index in [-0.39, 0.29) is 12.4 Å². The van der Waals surface area contributed by atoms with Crippen LogP contribution in [0.25, 0.3) is 0 Å². The molecule has 0 aromatic carbocycles. The van der Waals surface area contributed by atoms with Crippen LogP contribution in [0.3, 0.4) is 0 Å². The smallest absolute Gasteiger partial charge is 0.344 e. The molecule has 80 valence electrons. The molecule has 0 aliphatic rings. The van der Waals surface area contributed by atoms with Gasteiger partial charge in [0.1, 0.15) is 0 Å². The van der Waals surface area contributed by atoms with Crippen molar-refractivity contribution in [1.82, 2.24) is 4.90 Å². The molecule has 2 nitrogen and oxygen atoms in total. The van der Waals surface area contributed by atoms with E-state index in [2.05, 4.69) is 37.2 Å². The Hall–Kier alpha value is 0.0500. The number of rotatable bonds is 4. The van der Waals surface area contributed by atoms with E-state index in [0.29, 0.717) is 0 Å². The van der Waals surface area contributed by atoms with Crippen molar-refractivity contribution in [3.8, 4) is 0 Å². The first-order chi connectivity index (χ1) is 5.71. The van der Waals surface area contributed by atoms with Crippen LogP contribution in [0.1, 0.15) is 27.7 Å². The molecule has 0 saturated heterocycles. The maximum atomic E-state index is 6.18. The molecule has 0 N–H and O–H groups in total. The first-order valence-electron chi connectivity index (χ1n) is 4.73. The maximum absolute atomic E-state index is 6.18. The monoisotopic (exact) mass is 226 g/mol. The van der Waals surface area contributed by atoms with Crippen molar-refractivity contribution in [2.24, 2.45) is 0 Å². The van der Waals surface area contributed by atoms with Crippen LogP contribution in [0.15, 0.2) is 0 Å². The Bertz CT molecular complexity index is 148. The highest BCUT2D eigenvalue weighted by Gasteiger charge is 2.14. The first kappa shape index (κ1) is 15.5. The van der Waals surface area contributed by atoms with Gasteiger partial charge >= 0.3 is 5.29 Å². The Morgan fingerprint density at radius 1 is 1.08 bits per heavy atom. The molecule has 4 heteroatoms. The molecule has 13 heavy (non-hydrogen) atoms. The Morgan fingerprint density at radius 2 is 1.46 bits per heavy atom. The number of halogens is 2. The molecule has 0 radical (unpaired) electrons. The van der Waals surface area contributed by atoms with Gasteiger partial charge in [0.2, 0.25) is 0 Å². The molecule has 0 amide bonds. The highest BCUT2D eigenvalue weighted by Crippen LogP contribution is 1.96. The fourth-order valence-electron chi connectivity index (χ4n) is 1.17. The molecule has 0 unspecified atom stereocenters. The van der Waals surface area contributed by atoms with Crippen LogP contribution < -0.4 is 12.4 Å². The first-order valence-corrected chi connectivity index (χ1v) is 5.11. The summed E-state index contributed by atoms with van der Waals surface area (Å²) in [6.45, 7) is 12.4. The van der Waals surface area contributed by atoms with E-state index in [1.165, 1.54) is 0 Å². The molecule has 0 rings (SSSR count). The van der Waals surface area contributed by atoms with Crippen LogP contribution in [0.5, 0.6) is 0 Å². The highest BCUT2D eigenvalue weighted by molar-refractivity contribution is 6.63. The minimum atomic E-state index is 0. The third-order valence-corrected chi connectivity index (χ3v) is 2.53. The van der Waals surface area contributed by atoms with Crippen LogP contribution >= 0.6 is 11.6 Å². The Balaban J connectivity index is 0. The van der Waals surface area contributed by atoms with Crippen LogP contribution in [0, 0.1) is 0 Å². The minimum Gasteiger partial charge on any atom is -1.00 e. The van der Waals surface area contributed by atoms with Crippen molar-refractivity contribution in [2.75, 3.05) is 26.2 Å². The third-order valence-electron chi connectivity index (χ3n) is 2.05. The lowest BCUT2D eigenvalue weighted by atomic mass is 10.5. The van der Waals surface area contributed by atoms with Gasteiger partial charge in [-0.05, 0) is 27.7 Å². The fourth-order valence-corrected chi connectivity index (χ4v) is 1.65. The summed E-state index contributed by atoms with van der Waals surface area (Å²) in [5.74, 6) is 0. The summed E-state index contributed by atoms with van der Waals surface area (Å²) in [5.41, 5.74) is 0. The van der Waals surface area contributed by atoms with Gasteiger partial charge in [0, 0.05) is 11.6 Å². The third kappa shape index (κ3) is 4.72. The minimum absolute atomic E-state index is 0. The normalized spacial score (nSPS) is 9.00. The Kier molecular flexibility index (Phi) is 10.3. The van der Waals surface area contributed by atoms with E-state index < -0.39 is 0 Å². The standard InChI is InChI=1S/C9H20ClN2.ClH/c1-5-11(6-2)9(10)12(7-3)8-4;/h5-8H2,1-4H3;1H/q+1;/p-1. The predicted octanol–water partition coefficient (Wildman–Crippen LogP) is -1.02. The number of amidine groups is 1. The van der Waals surface area contributed by atoms with Crippen molar-refractivity contribution in [2.45, 2.75) is 27.7 Å². The summed E-state index contributed by atoms with van der Waals surface area (Å²) < 4.78 is 2.16. The van der Waals surface area contributed by atoms with Gasteiger partial charge in [0.05, 0.1) is 26.2 Å². The SMILES string of the molecule is CCN(CC)C(Cl)=[N+](CC)CC.[Cl-]. The molecule has 0 aromatic heterocycles. The van der Waals surface area contributed by atoms with E-state index in [0.717, 1.165) is 31.5 Å². The quantitative estimate of drug-likeness (QED) is 0.258. The topological polar surface area (TPSA) is 6.25 Å². The van der Waals surface area contributed by atoms with E-state index in [9.17, 15) is 0 Å². The van der Waals surface area contributed by atoms with Crippen LogP contribution in [0.4, 0.5) is 0 Å². The Labute approximate surface area is 93.0 Å². The molecular weight excluding hydrogens is 207 g/mol. The zero-order valence-electron chi connectivity index (χ0n) is 8.98. The average Bonchev–Trinajstić information content (AvgIpc) is 2.09. The van der Waals surface area contributed by atoms with Gasteiger partial charge in [-0.15, -0.1) is 0 Å². The van der Waals surface area contributed by atoms with Crippen LogP contribution in [-0.4, -0.2) is 40.9 Å².